The Morgan fingerprint density at radius 3 is 2.43 bits per heavy atom. The van der Waals surface area contributed by atoms with Crippen molar-refractivity contribution in [2.24, 2.45) is 5.92 Å². The maximum Gasteiger partial charge on any atom is 0.251 e. The van der Waals surface area contributed by atoms with E-state index in [0.29, 0.717) is 40.6 Å². The van der Waals surface area contributed by atoms with E-state index in [0.717, 1.165) is 37.2 Å². The molecule has 42 heavy (non-hydrogen) atoms. The average Bonchev–Trinajstić information content (AvgIpc) is 3.67. The molecule has 0 radical (unpaired) electrons. The highest BCUT2D eigenvalue weighted by Gasteiger charge is 2.23. The number of hydrogen-bond acceptors (Lipinski definition) is 5. The molecule has 5 aromatic rings. The van der Waals surface area contributed by atoms with E-state index in [1.807, 2.05) is 36.4 Å². The minimum absolute atomic E-state index is 0.0742. The number of benzene rings is 4. The second kappa shape index (κ2) is 12.0. The number of carbonyl (C=O) groups excluding carboxylic acids is 1. The third-order valence-corrected chi connectivity index (χ3v) is 8.05. The monoisotopic (exact) mass is 554 g/mol. The van der Waals surface area contributed by atoms with Crippen LogP contribution in [0.2, 0.25) is 0 Å². The Morgan fingerprint density at radius 2 is 1.71 bits per heavy atom. The van der Waals surface area contributed by atoms with Crippen molar-refractivity contribution in [2.75, 3.05) is 19.6 Å². The molecule has 6 nitrogen and oxygen atoms in total. The van der Waals surface area contributed by atoms with Crippen molar-refractivity contribution in [1.29, 1.82) is 5.26 Å². The van der Waals surface area contributed by atoms with Crippen LogP contribution < -0.4 is 5.32 Å². The average molecular weight is 555 g/mol. The van der Waals surface area contributed by atoms with Gasteiger partial charge in [-0.2, -0.15) is 5.26 Å². The molecule has 2 heterocycles. The molecule has 1 saturated heterocycles. The van der Waals surface area contributed by atoms with E-state index < -0.39 is 0 Å². The second-order valence-electron chi connectivity index (χ2n) is 11.4. The van der Waals surface area contributed by atoms with E-state index >= 15 is 0 Å². The lowest BCUT2D eigenvalue weighted by molar-refractivity contribution is 0.0947. The molecule has 210 valence electrons. The second-order valence-corrected chi connectivity index (χ2v) is 11.4. The smallest absolute Gasteiger partial charge is 0.251 e. The minimum Gasteiger partial charge on any atom is -0.436 e. The first-order chi connectivity index (χ1) is 20.5. The van der Waals surface area contributed by atoms with Gasteiger partial charge in [0.2, 0.25) is 5.89 Å². The molecule has 1 aliphatic rings. The summed E-state index contributed by atoms with van der Waals surface area (Å²) in [6, 6.07) is 32.4. The van der Waals surface area contributed by atoms with Gasteiger partial charge in [0.15, 0.2) is 5.58 Å². The van der Waals surface area contributed by atoms with E-state index in [9.17, 15) is 10.1 Å². The van der Waals surface area contributed by atoms with E-state index in [2.05, 4.69) is 83.6 Å². The Hall–Kier alpha value is -4.73. The van der Waals surface area contributed by atoms with Gasteiger partial charge in [-0.15, -0.1) is 0 Å². The standard InChI is InChI=1S/C36H34N4O2/c1-24(2)32-18-27(20-37)19-33-34(32)42-36(39-33)31-14-12-30(13-15-31)35(41)38-21-26-16-17-40(23-26)22-25-8-10-29(11-9-25)28-6-4-3-5-7-28/h3-15,18-19,24,26H,16-17,21-23H2,1-2H3,(H,38,41). The van der Waals surface area contributed by atoms with Gasteiger partial charge in [-0.25, -0.2) is 4.98 Å². The van der Waals surface area contributed by atoms with E-state index in [4.69, 9.17) is 4.42 Å². The van der Waals surface area contributed by atoms with E-state index in [1.165, 1.54) is 16.7 Å². The van der Waals surface area contributed by atoms with Crippen LogP contribution in [0.1, 0.15) is 53.2 Å². The van der Waals surface area contributed by atoms with Gasteiger partial charge in [0.25, 0.3) is 5.91 Å². The topological polar surface area (TPSA) is 82.2 Å². The van der Waals surface area contributed by atoms with Crippen molar-refractivity contribution < 1.29 is 9.21 Å². The molecule has 0 saturated carbocycles. The zero-order valence-electron chi connectivity index (χ0n) is 24.0. The van der Waals surface area contributed by atoms with Crippen LogP contribution in [-0.2, 0) is 6.54 Å². The van der Waals surface area contributed by atoms with Gasteiger partial charge >= 0.3 is 0 Å². The summed E-state index contributed by atoms with van der Waals surface area (Å²) in [5.41, 5.74) is 8.09. The molecule has 1 N–H and O–H groups in total. The quantitative estimate of drug-likeness (QED) is 0.216. The SMILES string of the molecule is CC(C)c1cc(C#N)cc2nc(-c3ccc(C(=O)NCC4CCN(Cc5ccc(-c6ccccc6)cc5)C4)cc3)oc12. The molecule has 1 fully saturated rings. The van der Waals surface area contributed by atoms with Crippen LogP contribution in [0.4, 0.5) is 0 Å². The summed E-state index contributed by atoms with van der Waals surface area (Å²) in [6.07, 6.45) is 1.07. The number of rotatable bonds is 8. The van der Waals surface area contributed by atoms with Crippen LogP contribution in [-0.4, -0.2) is 35.4 Å². The van der Waals surface area contributed by atoms with Crippen LogP contribution >= 0.6 is 0 Å². The summed E-state index contributed by atoms with van der Waals surface area (Å²) in [7, 11) is 0. The van der Waals surface area contributed by atoms with Gasteiger partial charge in [-0.1, -0.05) is 68.4 Å². The van der Waals surface area contributed by atoms with E-state index in [-0.39, 0.29) is 11.8 Å². The molecule has 1 atom stereocenters. The summed E-state index contributed by atoms with van der Waals surface area (Å²) >= 11 is 0. The Labute approximate surface area is 246 Å². The fraction of sp³-hybridized carbons (Fsp3) is 0.250. The molecular formula is C36H34N4O2. The summed E-state index contributed by atoms with van der Waals surface area (Å²) < 4.78 is 6.11. The highest BCUT2D eigenvalue weighted by Crippen LogP contribution is 2.31. The molecule has 1 amide bonds. The van der Waals surface area contributed by atoms with Crippen molar-refractivity contribution in [3.63, 3.8) is 0 Å². The maximum atomic E-state index is 12.9. The molecule has 1 aromatic heterocycles. The van der Waals surface area contributed by atoms with Crippen LogP contribution in [0.25, 0.3) is 33.7 Å². The molecule has 1 unspecified atom stereocenters. The third-order valence-electron chi connectivity index (χ3n) is 8.05. The molecule has 1 aliphatic heterocycles. The zero-order chi connectivity index (χ0) is 29.1. The van der Waals surface area contributed by atoms with Crippen molar-refractivity contribution in [2.45, 2.75) is 32.7 Å². The first kappa shape index (κ1) is 27.4. The van der Waals surface area contributed by atoms with Crippen LogP contribution in [0.5, 0.6) is 0 Å². The van der Waals surface area contributed by atoms with Crippen LogP contribution in [0.3, 0.4) is 0 Å². The Kier molecular flexibility index (Phi) is 7.85. The number of nitriles is 1. The van der Waals surface area contributed by atoms with Crippen molar-refractivity contribution in [3.8, 4) is 28.7 Å². The predicted molar refractivity (Wildman–Crippen MR) is 166 cm³/mol. The summed E-state index contributed by atoms with van der Waals surface area (Å²) in [5.74, 6) is 1.04. The highest BCUT2D eigenvalue weighted by atomic mass is 16.3. The van der Waals surface area contributed by atoms with Crippen molar-refractivity contribution in [1.82, 2.24) is 15.2 Å². The number of hydrogen-bond donors (Lipinski definition) is 1. The van der Waals surface area contributed by atoms with Gasteiger partial charge in [-0.05, 0) is 77.9 Å². The van der Waals surface area contributed by atoms with Gasteiger partial charge < -0.3 is 9.73 Å². The number of likely N-dealkylation sites (tertiary alicyclic amines) is 1. The summed E-state index contributed by atoms with van der Waals surface area (Å²) in [6.45, 7) is 7.73. The fourth-order valence-corrected chi connectivity index (χ4v) is 5.69. The lowest BCUT2D eigenvalue weighted by Crippen LogP contribution is -2.30. The van der Waals surface area contributed by atoms with Gasteiger partial charge in [0.05, 0.1) is 11.6 Å². The van der Waals surface area contributed by atoms with Crippen LogP contribution in [0.15, 0.2) is 95.4 Å². The van der Waals surface area contributed by atoms with E-state index in [1.54, 1.807) is 6.07 Å². The van der Waals surface area contributed by atoms with Gasteiger partial charge in [0.1, 0.15) is 5.52 Å². The molecule has 0 spiro atoms. The van der Waals surface area contributed by atoms with Gasteiger partial charge in [0, 0.05) is 36.3 Å². The molecule has 0 bridgehead atoms. The fourth-order valence-electron chi connectivity index (χ4n) is 5.69. The number of aromatic nitrogens is 1. The number of amides is 1. The Morgan fingerprint density at radius 1 is 1.00 bits per heavy atom. The first-order valence-corrected chi connectivity index (χ1v) is 14.6. The van der Waals surface area contributed by atoms with Crippen LogP contribution in [0, 0.1) is 17.2 Å². The predicted octanol–water partition coefficient (Wildman–Crippen LogP) is 7.41. The number of nitrogens with zero attached hydrogens (tertiary/aromatic N) is 3. The highest BCUT2D eigenvalue weighted by molar-refractivity contribution is 5.94. The van der Waals surface area contributed by atoms with Crippen molar-refractivity contribution >= 4 is 17.0 Å². The normalized spacial score (nSPS) is 15.2. The molecule has 0 aliphatic carbocycles. The zero-order valence-corrected chi connectivity index (χ0v) is 24.0. The molecular weight excluding hydrogens is 520 g/mol. The minimum atomic E-state index is -0.0742. The molecule has 6 heteroatoms. The maximum absolute atomic E-state index is 12.9. The number of carbonyl (C=O) groups is 1. The lowest BCUT2D eigenvalue weighted by Gasteiger charge is -2.17. The summed E-state index contributed by atoms with van der Waals surface area (Å²) in [4.78, 5) is 20.0. The lowest BCUT2D eigenvalue weighted by atomic mass is 10.00. The Balaban J connectivity index is 1.03. The van der Waals surface area contributed by atoms with Gasteiger partial charge in [-0.3, -0.25) is 9.69 Å². The number of nitrogens with one attached hydrogen (secondary N) is 1. The summed E-state index contributed by atoms with van der Waals surface area (Å²) in [5, 5.41) is 12.5. The Bertz CT molecular complexity index is 1730. The number of fused-ring (bicyclic) bond motifs is 1. The first-order valence-electron chi connectivity index (χ1n) is 14.6. The molecule has 6 rings (SSSR count). The number of oxazole rings is 1. The van der Waals surface area contributed by atoms with Crippen molar-refractivity contribution in [3.05, 3.63) is 113 Å². The largest absolute Gasteiger partial charge is 0.436 e. The third kappa shape index (κ3) is 5.97. The molecule has 4 aromatic carbocycles.